The Kier molecular flexibility index (Phi) is 37.7. The van der Waals surface area contributed by atoms with Crippen LogP contribution in [0.1, 0.15) is 142 Å². The number of allylic oxidation sites excluding steroid dienone is 20. The van der Waals surface area contributed by atoms with Gasteiger partial charge in [0, 0.05) is 12.8 Å². The first-order valence-electron chi connectivity index (χ1n) is 24.3. The molecule has 14 heteroatoms. The summed E-state index contributed by atoms with van der Waals surface area (Å²) < 4.78 is 33.5. The number of aliphatic hydroxyl groups excluding tert-OH is 5. The second kappa shape index (κ2) is 41.2. The van der Waals surface area contributed by atoms with Crippen LogP contribution in [0, 0.1) is 0 Å². The molecule has 6 N–H and O–H groups in total. The summed E-state index contributed by atoms with van der Waals surface area (Å²) in [5.74, 6) is -1.25. The third-order valence-electron chi connectivity index (χ3n) is 10.3. The Labute approximate surface area is 401 Å². The molecule has 0 aromatic rings. The maximum Gasteiger partial charge on any atom is 0.472 e. The first-order valence-corrected chi connectivity index (χ1v) is 25.8. The zero-order chi connectivity index (χ0) is 49.2. The van der Waals surface area contributed by atoms with Crippen molar-refractivity contribution in [3.63, 3.8) is 0 Å². The number of esters is 2. The molecule has 0 radical (unpaired) electrons. The molecule has 0 aromatic heterocycles. The van der Waals surface area contributed by atoms with E-state index in [0.29, 0.717) is 19.3 Å². The second-order valence-electron chi connectivity index (χ2n) is 16.2. The molecule has 0 aromatic carbocycles. The summed E-state index contributed by atoms with van der Waals surface area (Å²) in [5.41, 5.74) is 0. The molecule has 6 unspecified atom stereocenters. The van der Waals surface area contributed by atoms with Crippen LogP contribution in [0.3, 0.4) is 0 Å². The Balaban J connectivity index is 2.53. The van der Waals surface area contributed by atoms with Gasteiger partial charge in [0.25, 0.3) is 0 Å². The van der Waals surface area contributed by atoms with Crippen LogP contribution in [0.5, 0.6) is 0 Å². The molecule has 0 amide bonds. The molecule has 1 fully saturated rings. The maximum absolute atomic E-state index is 12.8. The fraction of sp³-hybridized carbons (Fsp3) is 0.585. The van der Waals surface area contributed by atoms with E-state index in [4.69, 9.17) is 18.5 Å². The van der Waals surface area contributed by atoms with Crippen LogP contribution < -0.4 is 0 Å². The van der Waals surface area contributed by atoms with Gasteiger partial charge in [0.2, 0.25) is 0 Å². The minimum Gasteiger partial charge on any atom is -0.462 e. The van der Waals surface area contributed by atoms with E-state index in [1.807, 2.05) is 18.2 Å². The summed E-state index contributed by atoms with van der Waals surface area (Å²) in [4.78, 5) is 35.7. The zero-order valence-electron chi connectivity index (χ0n) is 40.1. The molecule has 0 heterocycles. The molecule has 8 atom stereocenters. The van der Waals surface area contributed by atoms with Gasteiger partial charge in [0.05, 0.1) is 6.61 Å². The van der Waals surface area contributed by atoms with Gasteiger partial charge in [0.15, 0.2) is 6.10 Å². The highest BCUT2D eigenvalue weighted by atomic mass is 31.2. The van der Waals surface area contributed by atoms with E-state index in [2.05, 4.69) is 117 Å². The molecule has 0 spiro atoms. The van der Waals surface area contributed by atoms with Gasteiger partial charge in [-0.05, 0) is 96.3 Å². The van der Waals surface area contributed by atoms with E-state index in [-0.39, 0.29) is 12.8 Å². The zero-order valence-corrected chi connectivity index (χ0v) is 41.0. The van der Waals surface area contributed by atoms with E-state index < -0.39 is 75.7 Å². The SMILES string of the molecule is CC/C=C\C/C=C\C/C=C\C/C=C\C/C=C\C/C=C\CCC(=O)O[C@H](COC(=O)CCCCC/C=C\C/C=C\C/C=C\C/C=C\CCCCC)COP(=O)(O)OC1C(O)C(O)C(O)[C@@H](O)C1O. The van der Waals surface area contributed by atoms with Crippen molar-refractivity contribution in [1.29, 1.82) is 0 Å². The fourth-order valence-electron chi connectivity index (χ4n) is 6.41. The van der Waals surface area contributed by atoms with Crippen LogP contribution >= 0.6 is 7.82 Å². The van der Waals surface area contributed by atoms with Crippen LogP contribution in [0.2, 0.25) is 0 Å². The smallest absolute Gasteiger partial charge is 0.462 e. The number of hydrogen-bond donors (Lipinski definition) is 6. The summed E-state index contributed by atoms with van der Waals surface area (Å²) in [5, 5.41) is 50.2. The number of rotatable bonds is 38. The van der Waals surface area contributed by atoms with Crippen molar-refractivity contribution in [3.8, 4) is 0 Å². The highest BCUT2D eigenvalue weighted by Crippen LogP contribution is 2.47. The summed E-state index contributed by atoms with van der Waals surface area (Å²) in [6, 6.07) is 0. The Hall–Kier alpha value is -3.75. The van der Waals surface area contributed by atoms with Gasteiger partial charge in [-0.1, -0.05) is 155 Å². The topological polar surface area (TPSA) is 210 Å². The van der Waals surface area contributed by atoms with Gasteiger partial charge in [-0.3, -0.25) is 18.6 Å². The standard InChI is InChI=1S/C53H83O13P/c1-3-5-7-9-11-13-15-17-19-21-23-25-27-29-31-33-35-37-39-41-46(54)63-43-45(44-64-67(61,62)66-53-51(59)49(57)48(56)50(58)52(53)60)65-47(55)42-40-38-36-34-32-30-28-26-24-22-20-18-16-14-12-10-8-6-4-2/h6,8,11-14,17-20,23-26,29-32,36,38,45,48-53,56-60H,3-5,7,9-10,15-16,21-22,27-28,33-35,37,39-44H2,1-2H3,(H,61,62)/b8-6-,13-11-,14-12-,19-17-,20-18-,25-23-,26-24-,31-29-,32-30-,38-36-/t45-,48?,49-,50?,51?,52?,53?/m1/s1. The molecule has 1 saturated carbocycles. The number of carbonyl (C=O) groups is 2. The van der Waals surface area contributed by atoms with Crippen molar-refractivity contribution in [1.82, 2.24) is 0 Å². The van der Waals surface area contributed by atoms with Gasteiger partial charge >= 0.3 is 19.8 Å². The Morgan fingerprint density at radius 1 is 0.478 bits per heavy atom. The number of unbranched alkanes of at least 4 members (excludes halogenated alkanes) is 6. The maximum atomic E-state index is 12.8. The van der Waals surface area contributed by atoms with Gasteiger partial charge in [-0.2, -0.15) is 0 Å². The van der Waals surface area contributed by atoms with Crippen LogP contribution in [-0.2, 0) is 32.7 Å². The number of aliphatic hydroxyl groups is 5. The van der Waals surface area contributed by atoms with Crippen LogP contribution in [-0.4, -0.2) is 98.3 Å². The molecular weight excluding hydrogens is 876 g/mol. The number of phosphoric ester groups is 1. The third kappa shape index (κ3) is 33.4. The highest BCUT2D eigenvalue weighted by molar-refractivity contribution is 7.47. The summed E-state index contributed by atoms with van der Waals surface area (Å²) in [6.07, 6.45) is 45.4. The minimum atomic E-state index is -5.16. The van der Waals surface area contributed by atoms with Crippen LogP contribution in [0.15, 0.2) is 122 Å². The summed E-state index contributed by atoms with van der Waals surface area (Å²) in [6.45, 7) is 3.06. The molecule has 1 aliphatic rings. The molecule has 378 valence electrons. The average Bonchev–Trinajstić information content (AvgIpc) is 3.31. The number of ether oxygens (including phenoxy) is 2. The van der Waals surface area contributed by atoms with Crippen LogP contribution in [0.25, 0.3) is 0 Å². The Bertz CT molecular complexity index is 1630. The Morgan fingerprint density at radius 2 is 0.881 bits per heavy atom. The van der Waals surface area contributed by atoms with E-state index in [1.54, 1.807) is 0 Å². The van der Waals surface area contributed by atoms with Crippen molar-refractivity contribution in [2.24, 2.45) is 0 Å². The Morgan fingerprint density at radius 3 is 1.33 bits per heavy atom. The van der Waals surface area contributed by atoms with E-state index in [0.717, 1.165) is 77.0 Å². The third-order valence-corrected chi connectivity index (χ3v) is 11.3. The van der Waals surface area contributed by atoms with Crippen molar-refractivity contribution in [2.45, 2.75) is 185 Å². The average molecular weight is 959 g/mol. The predicted molar refractivity (Wildman–Crippen MR) is 267 cm³/mol. The molecule has 0 saturated heterocycles. The van der Waals surface area contributed by atoms with Crippen molar-refractivity contribution < 1.29 is 63.1 Å². The van der Waals surface area contributed by atoms with Gasteiger partial charge in [-0.25, -0.2) is 4.57 Å². The van der Waals surface area contributed by atoms with E-state index >= 15 is 0 Å². The molecule has 1 rings (SSSR count). The lowest BCUT2D eigenvalue weighted by Crippen LogP contribution is -2.64. The molecular formula is C53H83O13P. The van der Waals surface area contributed by atoms with E-state index in [9.17, 15) is 44.6 Å². The van der Waals surface area contributed by atoms with Crippen LogP contribution in [0.4, 0.5) is 0 Å². The molecule has 13 nitrogen and oxygen atoms in total. The largest absolute Gasteiger partial charge is 0.472 e. The summed E-state index contributed by atoms with van der Waals surface area (Å²) >= 11 is 0. The first-order chi connectivity index (χ1) is 32.4. The fourth-order valence-corrected chi connectivity index (χ4v) is 7.38. The second-order valence-corrected chi connectivity index (χ2v) is 17.6. The molecule has 1 aliphatic carbocycles. The van der Waals surface area contributed by atoms with E-state index in [1.165, 1.54) is 19.3 Å². The molecule has 67 heavy (non-hydrogen) atoms. The van der Waals surface area contributed by atoms with Gasteiger partial charge in [0.1, 0.15) is 43.2 Å². The van der Waals surface area contributed by atoms with Gasteiger partial charge < -0.3 is 39.9 Å². The lowest BCUT2D eigenvalue weighted by molar-refractivity contribution is -0.220. The lowest BCUT2D eigenvalue weighted by Gasteiger charge is -2.41. The number of hydrogen-bond acceptors (Lipinski definition) is 12. The number of carbonyl (C=O) groups excluding carboxylic acids is 2. The van der Waals surface area contributed by atoms with Crippen molar-refractivity contribution >= 4 is 19.8 Å². The first kappa shape index (κ1) is 61.3. The molecule has 0 bridgehead atoms. The van der Waals surface area contributed by atoms with Crippen molar-refractivity contribution in [2.75, 3.05) is 13.2 Å². The normalized spacial score (nSPS) is 22.2. The quantitative estimate of drug-likeness (QED) is 0.0148. The highest BCUT2D eigenvalue weighted by Gasteiger charge is 2.51. The number of phosphoric acid groups is 1. The van der Waals surface area contributed by atoms with Gasteiger partial charge in [-0.15, -0.1) is 0 Å². The molecule has 0 aliphatic heterocycles. The summed E-state index contributed by atoms with van der Waals surface area (Å²) in [7, 11) is -5.16. The van der Waals surface area contributed by atoms with Crippen molar-refractivity contribution in [3.05, 3.63) is 122 Å². The monoisotopic (exact) mass is 959 g/mol. The minimum absolute atomic E-state index is 0.0437. The lowest BCUT2D eigenvalue weighted by atomic mass is 9.85. The predicted octanol–water partition coefficient (Wildman–Crippen LogP) is 10.2.